The van der Waals surface area contributed by atoms with Crippen LogP contribution >= 0.6 is 0 Å². The van der Waals surface area contributed by atoms with Gasteiger partial charge >= 0.3 is 0 Å². The van der Waals surface area contributed by atoms with Gasteiger partial charge in [-0.05, 0) is 38.5 Å². The number of nitrogens with two attached hydrogens (primary N) is 1. The molecular weight excluding hydrogens is 244 g/mol. The molecule has 2 heteroatoms. The first-order valence-corrected chi connectivity index (χ1v) is 9.36. The molecule has 3 N–H and O–H groups in total. The Balaban J connectivity index is 1.71. The third-order valence-corrected chi connectivity index (χ3v) is 5.35. The largest absolute Gasteiger partial charge is 0.328 e. The molecule has 2 rings (SSSR count). The lowest BCUT2D eigenvalue weighted by atomic mass is 9.90. The Kier molecular flexibility index (Phi) is 7.97. The average Bonchev–Trinajstić information content (AvgIpc) is 2.44. The van der Waals surface area contributed by atoms with Crippen molar-refractivity contribution < 1.29 is 0 Å². The van der Waals surface area contributed by atoms with Gasteiger partial charge in [0.1, 0.15) is 0 Å². The summed E-state index contributed by atoms with van der Waals surface area (Å²) in [5.41, 5.74) is 6.02. The predicted octanol–water partition coefficient (Wildman–Crippen LogP) is 4.52. The highest BCUT2D eigenvalue weighted by Crippen LogP contribution is 2.21. The van der Waals surface area contributed by atoms with Crippen LogP contribution in [-0.4, -0.2) is 18.1 Å². The SMILES string of the molecule is NC1CCC(NC2CCCCCCCCCCC2)CC1. The van der Waals surface area contributed by atoms with Crippen molar-refractivity contribution in [2.45, 2.75) is 114 Å². The van der Waals surface area contributed by atoms with Crippen LogP contribution in [0.5, 0.6) is 0 Å². The zero-order valence-corrected chi connectivity index (χ0v) is 13.4. The molecule has 2 saturated carbocycles. The smallest absolute Gasteiger partial charge is 0.00708 e. The molecule has 0 aromatic heterocycles. The van der Waals surface area contributed by atoms with Crippen molar-refractivity contribution in [3.63, 3.8) is 0 Å². The molecular formula is C18H36N2. The normalized spacial score (nSPS) is 32.2. The fraction of sp³-hybridized carbons (Fsp3) is 1.00. The first kappa shape index (κ1) is 16.3. The number of rotatable bonds is 2. The van der Waals surface area contributed by atoms with Gasteiger partial charge in [0, 0.05) is 18.1 Å². The molecule has 2 aliphatic rings. The van der Waals surface area contributed by atoms with Gasteiger partial charge in [-0.25, -0.2) is 0 Å². The van der Waals surface area contributed by atoms with Gasteiger partial charge in [-0.15, -0.1) is 0 Å². The Bertz CT molecular complexity index is 222. The fourth-order valence-electron chi connectivity index (χ4n) is 3.95. The Morgan fingerprint density at radius 3 is 1.40 bits per heavy atom. The summed E-state index contributed by atoms with van der Waals surface area (Å²) in [4.78, 5) is 0. The maximum Gasteiger partial charge on any atom is 0.00708 e. The van der Waals surface area contributed by atoms with E-state index in [0.29, 0.717) is 6.04 Å². The number of hydrogen-bond donors (Lipinski definition) is 2. The Labute approximate surface area is 126 Å². The van der Waals surface area contributed by atoms with E-state index in [1.807, 2.05) is 0 Å². The molecule has 0 saturated heterocycles. The van der Waals surface area contributed by atoms with Crippen LogP contribution in [0.1, 0.15) is 96.3 Å². The second-order valence-corrected chi connectivity index (χ2v) is 7.23. The molecule has 2 aliphatic carbocycles. The van der Waals surface area contributed by atoms with E-state index in [4.69, 9.17) is 5.73 Å². The zero-order chi connectivity index (χ0) is 14.0. The van der Waals surface area contributed by atoms with Crippen molar-refractivity contribution >= 4 is 0 Å². The van der Waals surface area contributed by atoms with Crippen LogP contribution < -0.4 is 11.1 Å². The van der Waals surface area contributed by atoms with E-state index in [1.165, 1.54) is 96.3 Å². The van der Waals surface area contributed by atoms with Crippen LogP contribution in [0.15, 0.2) is 0 Å². The van der Waals surface area contributed by atoms with E-state index < -0.39 is 0 Å². The highest BCUT2D eigenvalue weighted by atomic mass is 15.0. The summed E-state index contributed by atoms with van der Waals surface area (Å²) in [6.07, 6.45) is 21.0. The van der Waals surface area contributed by atoms with Crippen LogP contribution in [0.3, 0.4) is 0 Å². The lowest BCUT2D eigenvalue weighted by Gasteiger charge is -2.31. The molecule has 0 aromatic rings. The molecule has 0 radical (unpaired) electrons. The minimum Gasteiger partial charge on any atom is -0.328 e. The highest BCUT2D eigenvalue weighted by Gasteiger charge is 2.21. The topological polar surface area (TPSA) is 38.0 Å². The molecule has 118 valence electrons. The zero-order valence-electron chi connectivity index (χ0n) is 13.4. The summed E-state index contributed by atoms with van der Waals surface area (Å²) in [5.74, 6) is 0. The maximum atomic E-state index is 6.02. The van der Waals surface area contributed by atoms with Crippen molar-refractivity contribution in [2.75, 3.05) is 0 Å². The van der Waals surface area contributed by atoms with Crippen molar-refractivity contribution in [1.29, 1.82) is 0 Å². The second kappa shape index (κ2) is 9.78. The highest BCUT2D eigenvalue weighted by molar-refractivity contribution is 4.82. The summed E-state index contributed by atoms with van der Waals surface area (Å²) in [6, 6.07) is 2.02. The second-order valence-electron chi connectivity index (χ2n) is 7.23. The number of hydrogen-bond acceptors (Lipinski definition) is 2. The molecule has 0 aliphatic heterocycles. The average molecular weight is 280 g/mol. The molecule has 0 bridgehead atoms. The minimum atomic E-state index is 0.476. The van der Waals surface area contributed by atoms with Crippen LogP contribution in [0, 0.1) is 0 Å². The van der Waals surface area contributed by atoms with Gasteiger partial charge in [-0.1, -0.05) is 57.8 Å². The maximum absolute atomic E-state index is 6.02. The van der Waals surface area contributed by atoms with Crippen molar-refractivity contribution in [3.05, 3.63) is 0 Å². The van der Waals surface area contributed by atoms with E-state index in [-0.39, 0.29) is 0 Å². The Morgan fingerprint density at radius 2 is 0.900 bits per heavy atom. The third kappa shape index (κ3) is 6.58. The van der Waals surface area contributed by atoms with Gasteiger partial charge < -0.3 is 11.1 Å². The number of nitrogens with one attached hydrogen (secondary N) is 1. The van der Waals surface area contributed by atoms with Gasteiger partial charge in [-0.2, -0.15) is 0 Å². The third-order valence-electron chi connectivity index (χ3n) is 5.35. The molecule has 0 atom stereocenters. The monoisotopic (exact) mass is 280 g/mol. The standard InChI is InChI=1S/C18H36N2/c19-16-12-14-18(15-13-16)20-17-10-8-6-4-2-1-3-5-7-9-11-17/h16-18,20H,1-15,19H2. The predicted molar refractivity (Wildman–Crippen MR) is 87.9 cm³/mol. The summed E-state index contributed by atoms with van der Waals surface area (Å²) < 4.78 is 0. The van der Waals surface area contributed by atoms with Crippen LogP contribution in [0.4, 0.5) is 0 Å². The van der Waals surface area contributed by atoms with E-state index in [1.54, 1.807) is 0 Å². The first-order chi connectivity index (χ1) is 9.84. The Hall–Kier alpha value is -0.0800. The van der Waals surface area contributed by atoms with Crippen molar-refractivity contribution in [2.24, 2.45) is 5.73 Å². The van der Waals surface area contributed by atoms with Gasteiger partial charge in [0.05, 0.1) is 0 Å². The lowest BCUT2D eigenvalue weighted by molar-refractivity contribution is 0.291. The molecule has 0 amide bonds. The summed E-state index contributed by atoms with van der Waals surface area (Å²) in [7, 11) is 0. The molecule has 0 aromatic carbocycles. The fourth-order valence-corrected chi connectivity index (χ4v) is 3.95. The summed E-state index contributed by atoms with van der Waals surface area (Å²) in [5, 5.41) is 3.97. The van der Waals surface area contributed by atoms with Gasteiger partial charge in [-0.3, -0.25) is 0 Å². The summed E-state index contributed by atoms with van der Waals surface area (Å²) in [6.45, 7) is 0. The van der Waals surface area contributed by atoms with E-state index in [2.05, 4.69) is 5.32 Å². The summed E-state index contributed by atoms with van der Waals surface area (Å²) >= 11 is 0. The van der Waals surface area contributed by atoms with Crippen LogP contribution in [0.25, 0.3) is 0 Å². The van der Waals surface area contributed by atoms with Crippen molar-refractivity contribution in [3.8, 4) is 0 Å². The Morgan fingerprint density at radius 1 is 0.500 bits per heavy atom. The van der Waals surface area contributed by atoms with E-state index >= 15 is 0 Å². The van der Waals surface area contributed by atoms with Crippen LogP contribution in [0.2, 0.25) is 0 Å². The first-order valence-electron chi connectivity index (χ1n) is 9.36. The molecule has 0 spiro atoms. The van der Waals surface area contributed by atoms with Gasteiger partial charge in [0.2, 0.25) is 0 Å². The van der Waals surface area contributed by atoms with Gasteiger partial charge in [0.25, 0.3) is 0 Å². The van der Waals surface area contributed by atoms with E-state index in [0.717, 1.165) is 12.1 Å². The van der Waals surface area contributed by atoms with Crippen molar-refractivity contribution in [1.82, 2.24) is 5.32 Å². The lowest BCUT2D eigenvalue weighted by Crippen LogP contribution is -2.42. The van der Waals surface area contributed by atoms with E-state index in [9.17, 15) is 0 Å². The molecule has 2 fully saturated rings. The molecule has 2 nitrogen and oxygen atoms in total. The molecule has 0 unspecified atom stereocenters. The van der Waals surface area contributed by atoms with Crippen LogP contribution in [-0.2, 0) is 0 Å². The minimum absolute atomic E-state index is 0.476. The molecule has 20 heavy (non-hydrogen) atoms. The quantitative estimate of drug-likeness (QED) is 0.780. The van der Waals surface area contributed by atoms with Gasteiger partial charge in [0.15, 0.2) is 0 Å². The molecule has 0 heterocycles.